The van der Waals surface area contributed by atoms with E-state index in [1.54, 1.807) is 0 Å². The summed E-state index contributed by atoms with van der Waals surface area (Å²) >= 11 is 0. The van der Waals surface area contributed by atoms with E-state index in [9.17, 15) is 4.79 Å². The molecule has 2 unspecified atom stereocenters. The van der Waals surface area contributed by atoms with Crippen LogP contribution in [0.5, 0.6) is 0 Å². The Morgan fingerprint density at radius 3 is 2.78 bits per heavy atom. The largest absolute Gasteiger partial charge is 0.465 e. The third kappa shape index (κ3) is 3.95. The van der Waals surface area contributed by atoms with Crippen LogP contribution in [-0.2, 0) is 9.53 Å². The second kappa shape index (κ2) is 6.53. The van der Waals surface area contributed by atoms with Crippen LogP contribution in [0, 0.1) is 0 Å². The first-order valence-corrected chi connectivity index (χ1v) is 7.37. The molecular weight excluding hydrogens is 228 g/mol. The lowest BCUT2D eigenvalue weighted by molar-refractivity contribution is -0.146. The molecule has 0 bridgehead atoms. The molecule has 1 N–H and O–H groups in total. The minimum Gasteiger partial charge on any atom is -0.465 e. The lowest BCUT2D eigenvalue weighted by atomic mass is 10.2. The number of likely N-dealkylation sites (tertiary alicyclic amines) is 1. The fourth-order valence-corrected chi connectivity index (χ4v) is 2.67. The van der Waals surface area contributed by atoms with Crippen LogP contribution in [0.2, 0.25) is 0 Å². The zero-order valence-corrected chi connectivity index (χ0v) is 11.7. The Kier molecular flexibility index (Phi) is 5.01. The van der Waals surface area contributed by atoms with Gasteiger partial charge in [0, 0.05) is 18.6 Å². The highest BCUT2D eigenvalue weighted by Crippen LogP contribution is 2.21. The number of carbonyl (C=O) groups is 1. The highest BCUT2D eigenvalue weighted by atomic mass is 16.5. The summed E-state index contributed by atoms with van der Waals surface area (Å²) in [5.74, 6) is -0.0729. The number of nitrogens with one attached hydrogen (secondary N) is 1. The zero-order valence-electron chi connectivity index (χ0n) is 11.7. The second-order valence-corrected chi connectivity index (χ2v) is 5.56. The van der Waals surface area contributed by atoms with E-state index < -0.39 is 0 Å². The van der Waals surface area contributed by atoms with Crippen LogP contribution in [0.15, 0.2) is 0 Å². The molecule has 2 aliphatic rings. The Morgan fingerprint density at radius 1 is 1.44 bits per heavy atom. The summed E-state index contributed by atoms with van der Waals surface area (Å²) in [5.41, 5.74) is 0. The smallest absolute Gasteiger partial charge is 0.323 e. The first kappa shape index (κ1) is 13.8. The summed E-state index contributed by atoms with van der Waals surface area (Å²) < 4.78 is 5.15. The number of esters is 1. The average molecular weight is 254 g/mol. The summed E-state index contributed by atoms with van der Waals surface area (Å²) in [6, 6.07) is 1.12. The van der Waals surface area contributed by atoms with Crippen molar-refractivity contribution in [2.75, 3.05) is 19.7 Å². The van der Waals surface area contributed by atoms with Crippen LogP contribution in [0.3, 0.4) is 0 Å². The Hall–Kier alpha value is -0.610. The highest BCUT2D eigenvalue weighted by molar-refractivity contribution is 5.75. The third-order valence-electron chi connectivity index (χ3n) is 3.98. The molecule has 4 heteroatoms. The number of hydrogen-bond acceptors (Lipinski definition) is 4. The van der Waals surface area contributed by atoms with Gasteiger partial charge in [0.25, 0.3) is 0 Å². The van der Waals surface area contributed by atoms with Crippen LogP contribution in [-0.4, -0.2) is 48.7 Å². The van der Waals surface area contributed by atoms with Gasteiger partial charge in [-0.2, -0.15) is 0 Å². The van der Waals surface area contributed by atoms with Crippen molar-refractivity contribution in [2.24, 2.45) is 0 Å². The van der Waals surface area contributed by atoms with Crippen LogP contribution >= 0.6 is 0 Å². The van der Waals surface area contributed by atoms with Crippen LogP contribution in [0.1, 0.15) is 46.0 Å². The fraction of sp³-hybridized carbons (Fsp3) is 0.929. The van der Waals surface area contributed by atoms with E-state index in [4.69, 9.17) is 4.74 Å². The van der Waals surface area contributed by atoms with E-state index in [0.717, 1.165) is 13.0 Å². The third-order valence-corrected chi connectivity index (χ3v) is 3.98. The molecule has 2 atom stereocenters. The summed E-state index contributed by atoms with van der Waals surface area (Å²) in [6.45, 7) is 6.81. The van der Waals surface area contributed by atoms with Crippen LogP contribution in [0.25, 0.3) is 0 Å². The molecule has 104 valence electrons. The SMILES string of the molecule is CCOC(=O)C(CCN1CCCC1C)NC1CC1. The Labute approximate surface area is 110 Å². The van der Waals surface area contributed by atoms with Gasteiger partial charge in [0.2, 0.25) is 0 Å². The lowest BCUT2D eigenvalue weighted by Crippen LogP contribution is -2.42. The maximum Gasteiger partial charge on any atom is 0.323 e. The summed E-state index contributed by atoms with van der Waals surface area (Å²) in [4.78, 5) is 14.4. The topological polar surface area (TPSA) is 41.6 Å². The van der Waals surface area contributed by atoms with E-state index in [0.29, 0.717) is 18.7 Å². The molecule has 1 heterocycles. The molecule has 1 saturated carbocycles. The minimum absolute atomic E-state index is 0.0729. The van der Waals surface area contributed by atoms with Crippen molar-refractivity contribution in [3.8, 4) is 0 Å². The minimum atomic E-state index is -0.106. The number of hydrogen-bond donors (Lipinski definition) is 1. The van der Waals surface area contributed by atoms with Gasteiger partial charge in [-0.3, -0.25) is 4.79 Å². The molecule has 0 amide bonds. The van der Waals surface area contributed by atoms with E-state index >= 15 is 0 Å². The first-order valence-electron chi connectivity index (χ1n) is 7.37. The molecule has 0 aromatic carbocycles. The molecule has 1 aliphatic carbocycles. The van der Waals surface area contributed by atoms with Gasteiger partial charge in [0.15, 0.2) is 0 Å². The number of nitrogens with zero attached hydrogens (tertiary/aromatic N) is 1. The normalized spacial score (nSPS) is 26.2. The van der Waals surface area contributed by atoms with Gasteiger partial charge in [0.1, 0.15) is 6.04 Å². The fourth-order valence-electron chi connectivity index (χ4n) is 2.67. The number of carbonyl (C=O) groups excluding carboxylic acids is 1. The highest BCUT2D eigenvalue weighted by Gasteiger charge is 2.30. The van der Waals surface area contributed by atoms with Crippen molar-refractivity contribution in [3.63, 3.8) is 0 Å². The summed E-state index contributed by atoms with van der Waals surface area (Å²) in [7, 11) is 0. The standard InChI is InChI=1S/C14H26N2O2/c1-3-18-14(17)13(15-12-6-7-12)8-10-16-9-4-5-11(16)2/h11-13,15H,3-10H2,1-2H3. The molecule has 0 spiro atoms. The molecule has 2 fully saturated rings. The van der Waals surface area contributed by atoms with Crippen molar-refractivity contribution in [1.82, 2.24) is 10.2 Å². The predicted molar refractivity (Wildman–Crippen MR) is 71.5 cm³/mol. The second-order valence-electron chi connectivity index (χ2n) is 5.56. The van der Waals surface area contributed by atoms with Crippen LogP contribution in [0.4, 0.5) is 0 Å². The van der Waals surface area contributed by atoms with Crippen LogP contribution < -0.4 is 5.32 Å². The average Bonchev–Trinajstić information content (AvgIpc) is 3.07. The molecule has 2 rings (SSSR count). The monoisotopic (exact) mass is 254 g/mol. The lowest BCUT2D eigenvalue weighted by Gasteiger charge is -2.24. The van der Waals surface area contributed by atoms with Crippen molar-refractivity contribution >= 4 is 5.97 Å². The Morgan fingerprint density at radius 2 is 2.22 bits per heavy atom. The van der Waals surface area contributed by atoms with Crippen molar-refractivity contribution in [2.45, 2.75) is 64.1 Å². The first-order chi connectivity index (χ1) is 8.70. The van der Waals surface area contributed by atoms with Gasteiger partial charge in [-0.15, -0.1) is 0 Å². The van der Waals surface area contributed by atoms with E-state index in [2.05, 4.69) is 17.1 Å². The molecule has 0 radical (unpaired) electrons. The van der Waals surface area contributed by atoms with Gasteiger partial charge in [-0.25, -0.2) is 0 Å². The Bertz CT molecular complexity index is 279. The molecule has 18 heavy (non-hydrogen) atoms. The molecule has 1 aliphatic heterocycles. The van der Waals surface area contributed by atoms with Gasteiger partial charge in [-0.1, -0.05) is 0 Å². The predicted octanol–water partition coefficient (Wildman–Crippen LogP) is 1.54. The summed E-state index contributed by atoms with van der Waals surface area (Å²) in [6.07, 6.45) is 5.87. The van der Waals surface area contributed by atoms with E-state index in [1.807, 2.05) is 6.92 Å². The quantitative estimate of drug-likeness (QED) is 0.700. The van der Waals surface area contributed by atoms with Gasteiger partial charge in [0.05, 0.1) is 6.61 Å². The molecule has 4 nitrogen and oxygen atoms in total. The van der Waals surface area contributed by atoms with E-state index in [1.165, 1.54) is 32.2 Å². The van der Waals surface area contributed by atoms with Crippen molar-refractivity contribution in [1.29, 1.82) is 0 Å². The summed E-state index contributed by atoms with van der Waals surface area (Å²) in [5, 5.41) is 3.41. The van der Waals surface area contributed by atoms with E-state index in [-0.39, 0.29) is 12.0 Å². The van der Waals surface area contributed by atoms with Gasteiger partial charge < -0.3 is 15.0 Å². The molecular formula is C14H26N2O2. The Balaban J connectivity index is 1.78. The van der Waals surface area contributed by atoms with Gasteiger partial charge in [-0.05, 0) is 52.5 Å². The molecule has 1 saturated heterocycles. The van der Waals surface area contributed by atoms with Crippen molar-refractivity contribution < 1.29 is 9.53 Å². The maximum absolute atomic E-state index is 11.9. The zero-order chi connectivity index (χ0) is 13.0. The molecule has 0 aromatic heterocycles. The van der Waals surface area contributed by atoms with Crippen molar-refractivity contribution in [3.05, 3.63) is 0 Å². The van der Waals surface area contributed by atoms with Gasteiger partial charge >= 0.3 is 5.97 Å². The molecule has 0 aromatic rings. The maximum atomic E-state index is 11.9. The number of rotatable bonds is 7. The number of ether oxygens (including phenoxy) is 1.